The molecule has 0 heterocycles. The molecule has 0 spiro atoms. The standard InChI is InChI=1S/C16H13B/c17-16-7-3-6-14(11-16)15-9-8-12-4-1-2-5-13(12)10-15/h1-11H,17H2. The van der Waals surface area contributed by atoms with Crippen LogP contribution in [0.25, 0.3) is 21.9 Å². The predicted octanol–water partition coefficient (Wildman–Crippen LogP) is 2.77. The summed E-state index contributed by atoms with van der Waals surface area (Å²) in [4.78, 5) is 0. The van der Waals surface area contributed by atoms with Gasteiger partial charge in [0.1, 0.15) is 7.85 Å². The fourth-order valence-electron chi connectivity index (χ4n) is 2.19. The predicted molar refractivity (Wildman–Crippen MR) is 77.6 cm³/mol. The Labute approximate surface area is 102 Å². The maximum absolute atomic E-state index is 2.25. The van der Waals surface area contributed by atoms with Gasteiger partial charge in [0.15, 0.2) is 0 Å². The fourth-order valence-corrected chi connectivity index (χ4v) is 2.19. The van der Waals surface area contributed by atoms with Crippen molar-refractivity contribution in [1.29, 1.82) is 0 Å². The molecule has 0 fully saturated rings. The number of hydrogen-bond acceptors (Lipinski definition) is 0. The Morgan fingerprint density at radius 1 is 0.588 bits per heavy atom. The van der Waals surface area contributed by atoms with E-state index in [0.717, 1.165) is 0 Å². The molecule has 0 atom stereocenters. The Morgan fingerprint density at radius 2 is 1.35 bits per heavy atom. The average Bonchev–Trinajstić information content (AvgIpc) is 2.38. The van der Waals surface area contributed by atoms with Crippen LogP contribution in [0.15, 0.2) is 66.7 Å². The minimum Gasteiger partial charge on any atom is -0.0884 e. The Bertz CT molecular complexity index is 671. The van der Waals surface area contributed by atoms with E-state index in [1.54, 1.807) is 0 Å². The van der Waals surface area contributed by atoms with Gasteiger partial charge < -0.3 is 0 Å². The first-order valence-electron chi connectivity index (χ1n) is 5.89. The summed E-state index contributed by atoms with van der Waals surface area (Å²) in [5.74, 6) is 0. The van der Waals surface area contributed by atoms with Crippen LogP contribution in [0.1, 0.15) is 0 Å². The first-order valence-corrected chi connectivity index (χ1v) is 5.89. The molecule has 1 heteroatoms. The second-order valence-corrected chi connectivity index (χ2v) is 4.43. The van der Waals surface area contributed by atoms with Gasteiger partial charge in [-0.25, -0.2) is 0 Å². The molecule has 0 bridgehead atoms. The molecule has 0 saturated carbocycles. The molecular weight excluding hydrogens is 203 g/mol. The van der Waals surface area contributed by atoms with Crippen molar-refractivity contribution in [3.05, 3.63) is 66.7 Å². The summed E-state index contributed by atoms with van der Waals surface area (Å²) in [6, 6.07) is 23.7. The van der Waals surface area contributed by atoms with Gasteiger partial charge in [-0.1, -0.05) is 66.1 Å². The molecule has 0 radical (unpaired) electrons. The Balaban J connectivity index is 2.18. The lowest BCUT2D eigenvalue weighted by Gasteiger charge is -2.05. The summed E-state index contributed by atoms with van der Waals surface area (Å²) in [7, 11) is 2.13. The SMILES string of the molecule is Bc1cccc(-c2ccc3ccccc3c2)c1. The largest absolute Gasteiger partial charge is 0.139 e. The van der Waals surface area contributed by atoms with E-state index in [9.17, 15) is 0 Å². The van der Waals surface area contributed by atoms with Crippen molar-refractivity contribution < 1.29 is 0 Å². The molecule has 0 aliphatic heterocycles. The van der Waals surface area contributed by atoms with Crippen LogP contribution in [0.3, 0.4) is 0 Å². The van der Waals surface area contributed by atoms with E-state index in [-0.39, 0.29) is 0 Å². The van der Waals surface area contributed by atoms with Gasteiger partial charge in [-0.05, 0) is 28.0 Å². The number of rotatable bonds is 1. The van der Waals surface area contributed by atoms with Gasteiger partial charge in [-0.3, -0.25) is 0 Å². The maximum Gasteiger partial charge on any atom is 0.139 e. The smallest absolute Gasteiger partial charge is 0.0884 e. The molecular formula is C16H13B. The third kappa shape index (κ3) is 1.96. The topological polar surface area (TPSA) is 0 Å². The Hall–Kier alpha value is -2.02. The van der Waals surface area contributed by atoms with E-state index in [1.807, 2.05) is 0 Å². The van der Waals surface area contributed by atoms with Crippen LogP contribution in [-0.2, 0) is 0 Å². The van der Waals surface area contributed by atoms with E-state index >= 15 is 0 Å². The highest BCUT2D eigenvalue weighted by Gasteiger charge is 1.99. The lowest BCUT2D eigenvalue weighted by molar-refractivity contribution is 1.67. The highest BCUT2D eigenvalue weighted by Crippen LogP contribution is 2.23. The third-order valence-corrected chi connectivity index (χ3v) is 3.10. The Kier molecular flexibility index (Phi) is 2.45. The zero-order valence-electron chi connectivity index (χ0n) is 9.85. The number of benzene rings is 3. The van der Waals surface area contributed by atoms with Gasteiger partial charge in [0.25, 0.3) is 0 Å². The van der Waals surface area contributed by atoms with E-state index in [4.69, 9.17) is 0 Å². The van der Waals surface area contributed by atoms with Gasteiger partial charge in [0.05, 0.1) is 0 Å². The average molecular weight is 216 g/mol. The van der Waals surface area contributed by atoms with Crippen molar-refractivity contribution in [3.63, 3.8) is 0 Å². The summed E-state index contributed by atoms with van der Waals surface area (Å²) in [6.07, 6.45) is 0. The lowest BCUT2D eigenvalue weighted by atomic mass is 9.92. The van der Waals surface area contributed by atoms with Crippen LogP contribution in [0, 0.1) is 0 Å². The summed E-state index contributed by atoms with van der Waals surface area (Å²) >= 11 is 0. The molecule has 0 aromatic heterocycles. The van der Waals surface area contributed by atoms with Crippen LogP contribution >= 0.6 is 0 Å². The van der Waals surface area contributed by atoms with Crippen LogP contribution < -0.4 is 5.46 Å². The van der Waals surface area contributed by atoms with E-state index in [2.05, 4.69) is 74.6 Å². The molecule has 17 heavy (non-hydrogen) atoms. The maximum atomic E-state index is 2.25. The quantitative estimate of drug-likeness (QED) is 0.548. The van der Waals surface area contributed by atoms with Crippen molar-refractivity contribution in [2.45, 2.75) is 0 Å². The van der Waals surface area contributed by atoms with Gasteiger partial charge in [0.2, 0.25) is 0 Å². The second kappa shape index (κ2) is 4.10. The minimum absolute atomic E-state index is 1.28. The summed E-state index contributed by atoms with van der Waals surface area (Å²) in [5.41, 5.74) is 3.87. The molecule has 3 aromatic rings. The molecule has 0 N–H and O–H groups in total. The molecule has 0 nitrogen and oxygen atoms in total. The third-order valence-electron chi connectivity index (χ3n) is 3.10. The molecule has 0 saturated heterocycles. The lowest BCUT2D eigenvalue weighted by Crippen LogP contribution is -2.00. The second-order valence-electron chi connectivity index (χ2n) is 4.43. The zero-order valence-corrected chi connectivity index (χ0v) is 9.85. The molecule has 80 valence electrons. The van der Waals surface area contributed by atoms with Crippen molar-refractivity contribution >= 4 is 24.1 Å². The van der Waals surface area contributed by atoms with Gasteiger partial charge in [0, 0.05) is 0 Å². The van der Waals surface area contributed by atoms with Gasteiger partial charge >= 0.3 is 0 Å². The van der Waals surface area contributed by atoms with Crippen molar-refractivity contribution in [2.75, 3.05) is 0 Å². The monoisotopic (exact) mass is 216 g/mol. The summed E-state index contributed by atoms with van der Waals surface area (Å²) in [5, 5.41) is 2.59. The van der Waals surface area contributed by atoms with Crippen LogP contribution in [0.4, 0.5) is 0 Å². The van der Waals surface area contributed by atoms with Crippen molar-refractivity contribution in [2.24, 2.45) is 0 Å². The van der Waals surface area contributed by atoms with Crippen LogP contribution in [0.2, 0.25) is 0 Å². The Morgan fingerprint density at radius 3 is 2.18 bits per heavy atom. The van der Waals surface area contributed by atoms with Gasteiger partial charge in [-0.15, -0.1) is 0 Å². The van der Waals surface area contributed by atoms with E-state index in [0.29, 0.717) is 0 Å². The first-order chi connectivity index (χ1) is 8.33. The molecule has 3 aromatic carbocycles. The first kappa shape index (κ1) is 10.2. The van der Waals surface area contributed by atoms with Crippen molar-refractivity contribution in [1.82, 2.24) is 0 Å². The van der Waals surface area contributed by atoms with Gasteiger partial charge in [-0.2, -0.15) is 0 Å². The summed E-state index contributed by atoms with van der Waals surface area (Å²) in [6.45, 7) is 0. The van der Waals surface area contributed by atoms with Crippen LogP contribution in [0.5, 0.6) is 0 Å². The van der Waals surface area contributed by atoms with E-state index < -0.39 is 0 Å². The summed E-state index contributed by atoms with van der Waals surface area (Å²) < 4.78 is 0. The molecule has 0 aliphatic rings. The fraction of sp³-hybridized carbons (Fsp3) is 0. The zero-order chi connectivity index (χ0) is 11.7. The molecule has 0 unspecified atom stereocenters. The normalized spacial score (nSPS) is 10.6. The number of fused-ring (bicyclic) bond motifs is 1. The van der Waals surface area contributed by atoms with E-state index in [1.165, 1.54) is 27.4 Å². The molecule has 0 amide bonds. The van der Waals surface area contributed by atoms with Crippen molar-refractivity contribution in [3.8, 4) is 11.1 Å². The molecule has 3 rings (SSSR count). The van der Waals surface area contributed by atoms with Crippen LogP contribution in [-0.4, -0.2) is 7.85 Å². The number of hydrogen-bond donors (Lipinski definition) is 0. The highest BCUT2D eigenvalue weighted by molar-refractivity contribution is 6.32. The highest BCUT2D eigenvalue weighted by atomic mass is 14.0. The minimum atomic E-state index is 1.28. The molecule has 0 aliphatic carbocycles.